The van der Waals surface area contributed by atoms with Crippen LogP contribution in [0.2, 0.25) is 0 Å². The highest BCUT2D eigenvalue weighted by molar-refractivity contribution is 5.96. The highest BCUT2D eigenvalue weighted by atomic mass is 16.8. The summed E-state index contributed by atoms with van der Waals surface area (Å²) in [6.07, 6.45) is -16.3. The third-order valence-corrected chi connectivity index (χ3v) is 22.5. The van der Waals surface area contributed by atoms with E-state index >= 15 is 9.59 Å². The molecule has 3 saturated heterocycles. The maximum atomic E-state index is 16.1. The number of methoxy groups -OCH3 is 1. The molecular formula is C70H92N2O24. The second kappa shape index (κ2) is 25.9. The van der Waals surface area contributed by atoms with Crippen molar-refractivity contribution >= 4 is 41.5 Å². The number of ether oxygens (including phenoxy) is 11. The fourth-order valence-corrected chi connectivity index (χ4v) is 15.7. The Morgan fingerprint density at radius 1 is 0.760 bits per heavy atom. The van der Waals surface area contributed by atoms with Crippen LogP contribution >= 0.6 is 0 Å². The predicted octanol–water partition coefficient (Wildman–Crippen LogP) is 3.91. The first-order valence-corrected chi connectivity index (χ1v) is 32.0. The minimum absolute atomic E-state index is 0.00395. The monoisotopic (exact) mass is 1340 g/mol. The van der Waals surface area contributed by atoms with Crippen LogP contribution < -0.4 is 10.6 Å². The molecule has 0 radical (unpaired) electrons. The molecule has 3 aromatic carbocycles. The van der Waals surface area contributed by atoms with Gasteiger partial charge in [-0.15, -0.1) is 0 Å². The lowest BCUT2D eigenvalue weighted by molar-refractivity contribution is -0.476. The Labute approximate surface area is 557 Å². The smallest absolute Gasteiger partial charge is 0.338 e. The van der Waals surface area contributed by atoms with Gasteiger partial charge in [0.25, 0.3) is 5.91 Å². The molecule has 526 valence electrons. The summed E-state index contributed by atoms with van der Waals surface area (Å²) in [5.41, 5.74) is -21.0. The largest absolute Gasteiger partial charge is 0.456 e. The van der Waals surface area contributed by atoms with Crippen LogP contribution in [0.1, 0.15) is 149 Å². The maximum absolute atomic E-state index is 16.1. The SMILES string of the molecule is COC1(C)C(O)C(C)(CO)OC(OC2(C)C(C)(OCO[C@H](C(=O)OC3C[C@]4(O)[C@H](OC(=O)c5ccccc5)[C@H]5[C@@]6(OC(C)=O)CO[C@H]6C[C@@H](O)[C@]5(C)C(=O)[C@@H](OC(C)=O)C(=C3C)C4(C)C)[C@H](NC(=O)c3ccccc3)c3ccccc3)OC(C)C(C)(O)C2(C)O)C1(C)NC(C)=O. The molecular weight excluding hydrogens is 1250 g/mol. The average Bonchev–Trinajstić information content (AvgIpc) is 0.675. The van der Waals surface area contributed by atoms with Crippen molar-refractivity contribution in [1.29, 1.82) is 0 Å². The molecule has 0 aromatic heterocycles. The van der Waals surface area contributed by atoms with Crippen LogP contribution in [0.25, 0.3) is 0 Å². The van der Waals surface area contributed by atoms with Crippen molar-refractivity contribution in [3.63, 3.8) is 0 Å². The van der Waals surface area contributed by atoms with Gasteiger partial charge in [-0.1, -0.05) is 80.6 Å². The van der Waals surface area contributed by atoms with Gasteiger partial charge in [-0.25, -0.2) is 9.59 Å². The van der Waals surface area contributed by atoms with E-state index in [1.165, 1.54) is 121 Å². The molecule has 26 nitrogen and oxygen atoms in total. The number of amides is 2. The number of fused-ring (bicyclic) bond motifs is 5. The lowest BCUT2D eigenvalue weighted by Gasteiger charge is -2.67. The van der Waals surface area contributed by atoms with E-state index in [4.69, 9.17) is 52.1 Å². The van der Waals surface area contributed by atoms with Crippen LogP contribution in [-0.2, 0) is 76.1 Å². The second-order valence-corrected chi connectivity index (χ2v) is 28.4. The highest BCUT2D eigenvalue weighted by Crippen LogP contribution is 2.65. The number of ketones is 1. The third-order valence-electron chi connectivity index (χ3n) is 22.5. The lowest BCUT2D eigenvalue weighted by Crippen LogP contribution is -2.85. The van der Waals surface area contributed by atoms with Gasteiger partial charge in [0.15, 0.2) is 48.1 Å². The van der Waals surface area contributed by atoms with Crippen molar-refractivity contribution in [3.8, 4) is 0 Å². The molecule has 26 heteroatoms. The van der Waals surface area contributed by atoms with E-state index in [1.807, 2.05) is 0 Å². The molecule has 21 atom stereocenters. The molecule has 2 amide bonds. The predicted molar refractivity (Wildman–Crippen MR) is 336 cm³/mol. The zero-order chi connectivity index (χ0) is 71.1. The minimum Gasteiger partial charge on any atom is -0.456 e. The number of aliphatic hydroxyl groups excluding tert-OH is 3. The van der Waals surface area contributed by atoms with Gasteiger partial charge in [0.2, 0.25) is 5.91 Å². The van der Waals surface area contributed by atoms with Crippen LogP contribution in [0.3, 0.4) is 0 Å². The summed E-state index contributed by atoms with van der Waals surface area (Å²) in [6, 6.07) is 22.2. The van der Waals surface area contributed by atoms with E-state index in [1.54, 1.807) is 66.7 Å². The molecule has 96 heavy (non-hydrogen) atoms. The number of nitrogens with one attached hydrogen (secondary N) is 2. The summed E-state index contributed by atoms with van der Waals surface area (Å²) in [5, 5.41) is 80.5. The summed E-state index contributed by atoms with van der Waals surface area (Å²) in [5.74, 6) is -10.5. The standard InChI is InChI=1S/C70H92N2O24/c1-37-45(33-70(85)54(92-56(80)44-30-24-19-25-31-44)52-62(9,46(77)32-47-69(52,35-87-47)94-41(5)76)53(78)50(90-40(4)75)48(37)60(70,6)7)91-57(81)51(49(42-26-20-17-21-27-42)71-55(79)43-28-22-18-23-29-43)88-36-89-68(15)67(14,66(13,84)64(11,83)38(2)93-68)96-59-63(10,72-39(3)74)65(12,86-16)58(82)61(8,34-73)95-59/h17-31,38,45-47,49-52,54,58-59,73,77,82-85H,32-36H2,1-16H3,(H,71,79)(H,72,74)/t38?,45?,46-,47+,49-,50+,51+,52-,54-,58?,59?,61?,62+,63?,64?,65?,66?,67?,68?,69-,70+/m1/s1. The summed E-state index contributed by atoms with van der Waals surface area (Å²) in [6.45, 7) is 17.8. The molecule has 3 aliphatic heterocycles. The van der Waals surface area contributed by atoms with Crippen LogP contribution in [-0.4, -0.2) is 205 Å². The summed E-state index contributed by atoms with van der Waals surface area (Å²) >= 11 is 0. The number of hydrogen-bond donors (Lipinski definition) is 8. The highest BCUT2D eigenvalue weighted by Gasteiger charge is 2.79. The van der Waals surface area contributed by atoms with E-state index < -0.39 is 196 Å². The Morgan fingerprint density at radius 3 is 1.88 bits per heavy atom. The van der Waals surface area contributed by atoms with E-state index in [0.717, 1.165) is 13.8 Å². The van der Waals surface area contributed by atoms with E-state index in [9.17, 15) is 54.6 Å². The summed E-state index contributed by atoms with van der Waals surface area (Å²) in [7, 11) is 1.26. The number of carbonyl (C=O) groups is 7. The van der Waals surface area contributed by atoms with Gasteiger partial charge in [0.05, 0.1) is 48.4 Å². The van der Waals surface area contributed by atoms with E-state index in [-0.39, 0.29) is 34.3 Å². The molecule has 2 bridgehead atoms. The lowest BCUT2D eigenvalue weighted by atomic mass is 9.44. The van der Waals surface area contributed by atoms with Crippen molar-refractivity contribution in [2.45, 2.75) is 228 Å². The van der Waals surface area contributed by atoms with Crippen molar-refractivity contribution in [3.05, 3.63) is 119 Å². The van der Waals surface area contributed by atoms with Crippen molar-refractivity contribution < 1.29 is 116 Å². The van der Waals surface area contributed by atoms with Crippen LogP contribution in [0, 0.1) is 16.7 Å². The van der Waals surface area contributed by atoms with Gasteiger partial charge < -0.3 is 93.4 Å². The van der Waals surface area contributed by atoms with Gasteiger partial charge in [-0.2, -0.15) is 0 Å². The summed E-state index contributed by atoms with van der Waals surface area (Å²) < 4.78 is 70.6. The van der Waals surface area contributed by atoms with Crippen molar-refractivity contribution in [2.75, 3.05) is 27.1 Å². The molecule has 3 heterocycles. The Morgan fingerprint density at radius 2 is 1.34 bits per heavy atom. The quantitative estimate of drug-likeness (QED) is 0.0365. The Bertz CT molecular complexity index is 3500. The Kier molecular flexibility index (Phi) is 19.9. The Balaban J connectivity index is 1.20. The first-order chi connectivity index (χ1) is 44.6. The zero-order valence-corrected chi connectivity index (χ0v) is 57.1. The maximum Gasteiger partial charge on any atom is 0.338 e. The number of rotatable bonds is 19. The van der Waals surface area contributed by atoms with Crippen molar-refractivity contribution in [1.82, 2.24) is 10.6 Å². The second-order valence-electron chi connectivity index (χ2n) is 28.4. The number of hydrogen-bond acceptors (Lipinski definition) is 24. The first-order valence-electron chi connectivity index (χ1n) is 32.0. The third kappa shape index (κ3) is 11.6. The number of benzene rings is 3. The van der Waals surface area contributed by atoms with E-state index in [2.05, 4.69) is 10.6 Å². The molecule has 8 N–H and O–H groups in total. The molecule has 5 fully saturated rings. The fraction of sp³-hybridized carbons (Fsp3) is 0.614. The molecule has 11 unspecified atom stereocenters. The molecule has 2 saturated carbocycles. The minimum atomic E-state index is -2.58. The van der Waals surface area contributed by atoms with Gasteiger partial charge in [0.1, 0.15) is 58.0 Å². The number of carbonyl (C=O) groups excluding carboxylic acids is 7. The molecule has 3 aliphatic carbocycles. The normalized spacial score (nSPS) is 39.9. The topological polar surface area (TPSA) is 366 Å². The summed E-state index contributed by atoms with van der Waals surface area (Å²) in [4.78, 5) is 102. The first kappa shape index (κ1) is 73.6. The van der Waals surface area contributed by atoms with Gasteiger partial charge >= 0.3 is 23.9 Å². The molecule has 3 aromatic rings. The fourth-order valence-electron chi connectivity index (χ4n) is 15.7. The van der Waals surface area contributed by atoms with Gasteiger partial charge in [0, 0.05) is 51.7 Å². The zero-order valence-electron chi connectivity index (χ0n) is 57.1. The van der Waals surface area contributed by atoms with Crippen LogP contribution in [0.4, 0.5) is 0 Å². The molecule has 9 rings (SSSR count). The number of aliphatic hydroxyl groups is 6. The average molecular weight is 1350 g/mol. The number of esters is 4. The number of Topliss-reactive ketones (excluding diaryl/α,β-unsaturated/α-hetero) is 1. The van der Waals surface area contributed by atoms with Crippen molar-refractivity contribution in [2.24, 2.45) is 16.7 Å². The molecule has 6 aliphatic rings. The van der Waals surface area contributed by atoms with Gasteiger partial charge in [-0.3, -0.25) is 24.0 Å². The van der Waals surface area contributed by atoms with Crippen LogP contribution in [0.15, 0.2) is 102 Å². The van der Waals surface area contributed by atoms with Gasteiger partial charge in [-0.05, 0) is 110 Å². The Hall–Kier alpha value is -6.63. The van der Waals surface area contributed by atoms with Crippen LogP contribution in [0.5, 0.6) is 0 Å². The molecule has 0 spiro atoms. The van der Waals surface area contributed by atoms with E-state index in [0.29, 0.717) is 0 Å².